The maximum atomic E-state index is 5.58. The summed E-state index contributed by atoms with van der Waals surface area (Å²) in [7, 11) is 0. The third-order valence-electron chi connectivity index (χ3n) is 4.17. The van der Waals surface area contributed by atoms with E-state index in [1.165, 1.54) is 28.3 Å². The number of likely N-dealkylation sites (tertiary alicyclic amines) is 1. The summed E-state index contributed by atoms with van der Waals surface area (Å²) < 4.78 is 1.29. The minimum absolute atomic E-state index is 0.507. The van der Waals surface area contributed by atoms with Crippen molar-refractivity contribution in [2.24, 2.45) is 0 Å². The van der Waals surface area contributed by atoms with Crippen molar-refractivity contribution in [3.05, 3.63) is 29.3 Å². The number of nitrogens with one attached hydrogen (secondary N) is 1. The molecule has 0 saturated carbocycles. The number of nitrogens with zero attached hydrogens (tertiary/aromatic N) is 2. The first-order chi connectivity index (χ1) is 11.3. The summed E-state index contributed by atoms with van der Waals surface area (Å²) in [6, 6.07) is 8.42. The lowest BCUT2D eigenvalue weighted by Crippen LogP contribution is -2.45. The third kappa shape index (κ3) is 4.37. The molecule has 0 radical (unpaired) electrons. The van der Waals surface area contributed by atoms with Crippen molar-refractivity contribution in [3.63, 3.8) is 0 Å². The van der Waals surface area contributed by atoms with Crippen LogP contribution in [0.3, 0.4) is 0 Å². The molecule has 1 fully saturated rings. The van der Waals surface area contributed by atoms with Crippen LogP contribution in [0.2, 0.25) is 0 Å². The highest BCUT2D eigenvalue weighted by molar-refractivity contribution is 7.98. The second-order valence-electron chi connectivity index (χ2n) is 5.88. The molecule has 2 aromatic rings. The Morgan fingerprint density at radius 3 is 3.17 bits per heavy atom. The van der Waals surface area contributed by atoms with Crippen LogP contribution in [0.5, 0.6) is 0 Å². The molecule has 1 atom stereocenters. The molecule has 3 rings (SSSR count). The number of hydrogen-bond acceptors (Lipinski definition) is 4. The molecule has 1 aromatic carbocycles. The van der Waals surface area contributed by atoms with E-state index in [2.05, 4.69) is 40.7 Å². The van der Waals surface area contributed by atoms with Crippen LogP contribution in [-0.2, 0) is 0 Å². The van der Waals surface area contributed by atoms with Crippen molar-refractivity contribution in [1.82, 2.24) is 15.2 Å². The fourth-order valence-corrected chi connectivity index (χ4v) is 4.75. The number of rotatable bonds is 5. The van der Waals surface area contributed by atoms with E-state index in [0.29, 0.717) is 5.92 Å². The van der Waals surface area contributed by atoms with Gasteiger partial charge in [0.2, 0.25) is 0 Å². The molecular formula is C17H23N3S3. The summed E-state index contributed by atoms with van der Waals surface area (Å²) in [6.07, 6.45) is 5.71. The van der Waals surface area contributed by atoms with Gasteiger partial charge in [0.25, 0.3) is 0 Å². The summed E-state index contributed by atoms with van der Waals surface area (Å²) in [6.45, 7) is 3.03. The van der Waals surface area contributed by atoms with Crippen molar-refractivity contribution < 1.29 is 0 Å². The Labute approximate surface area is 151 Å². The lowest BCUT2D eigenvalue weighted by atomic mass is 9.99. The number of thioether (sulfide) groups is 1. The minimum Gasteiger partial charge on any atom is -0.363 e. The molecule has 1 aromatic heterocycles. The smallest absolute Gasteiger partial charge is 0.168 e. The normalized spacial score (nSPS) is 18.3. The van der Waals surface area contributed by atoms with E-state index < -0.39 is 0 Å². The van der Waals surface area contributed by atoms with Crippen LogP contribution in [-0.4, -0.2) is 46.6 Å². The zero-order valence-corrected chi connectivity index (χ0v) is 15.9. The first-order valence-corrected chi connectivity index (χ1v) is 10.8. The molecule has 0 bridgehead atoms. The Hall–Kier alpha value is -0.850. The molecule has 1 aliphatic heterocycles. The Balaban J connectivity index is 1.60. The van der Waals surface area contributed by atoms with Crippen LogP contribution >= 0.6 is 35.3 Å². The summed E-state index contributed by atoms with van der Waals surface area (Å²) >= 11 is 9.30. The average Bonchev–Trinajstić information content (AvgIpc) is 3.03. The highest BCUT2D eigenvalue weighted by Gasteiger charge is 2.25. The van der Waals surface area contributed by atoms with Gasteiger partial charge >= 0.3 is 0 Å². The van der Waals surface area contributed by atoms with Crippen LogP contribution in [0.25, 0.3) is 10.2 Å². The number of piperidine rings is 1. The van der Waals surface area contributed by atoms with Gasteiger partial charge < -0.3 is 10.2 Å². The summed E-state index contributed by atoms with van der Waals surface area (Å²) in [5.41, 5.74) is 1.13. The van der Waals surface area contributed by atoms with Crippen LogP contribution < -0.4 is 5.32 Å². The van der Waals surface area contributed by atoms with Crippen molar-refractivity contribution in [2.45, 2.75) is 25.2 Å². The standard InChI is InChI=1S/C17H23N3S3/c1-22-11-5-9-18-17(21)20-10-4-6-13(12-20)16-19-14-7-2-3-8-15(14)23-16/h2-3,7-8,13H,4-6,9-12H2,1H3,(H,18,21)/t13-/m1/s1. The largest absolute Gasteiger partial charge is 0.363 e. The third-order valence-corrected chi connectivity index (χ3v) is 6.47. The Kier molecular flexibility index (Phi) is 6.14. The van der Waals surface area contributed by atoms with Crippen molar-refractivity contribution >= 4 is 50.6 Å². The zero-order valence-electron chi connectivity index (χ0n) is 13.5. The van der Waals surface area contributed by atoms with E-state index in [4.69, 9.17) is 17.2 Å². The Bertz CT molecular complexity index is 622. The molecule has 1 N–H and O–H groups in total. The molecule has 124 valence electrons. The number of hydrogen-bond donors (Lipinski definition) is 1. The van der Waals surface area contributed by atoms with Crippen molar-refractivity contribution in [3.8, 4) is 0 Å². The van der Waals surface area contributed by atoms with Gasteiger partial charge in [-0.05, 0) is 55.6 Å². The van der Waals surface area contributed by atoms with Gasteiger partial charge in [-0.2, -0.15) is 11.8 Å². The number of benzene rings is 1. The van der Waals surface area contributed by atoms with E-state index in [1.807, 2.05) is 23.1 Å². The average molecular weight is 366 g/mol. The quantitative estimate of drug-likeness (QED) is 0.636. The van der Waals surface area contributed by atoms with Gasteiger partial charge in [-0.1, -0.05) is 12.1 Å². The Morgan fingerprint density at radius 2 is 2.35 bits per heavy atom. The number of fused-ring (bicyclic) bond motifs is 1. The van der Waals surface area contributed by atoms with E-state index in [1.54, 1.807) is 0 Å². The molecule has 23 heavy (non-hydrogen) atoms. The summed E-state index contributed by atoms with van der Waals surface area (Å²) in [5, 5.41) is 5.59. The molecule has 3 nitrogen and oxygen atoms in total. The molecule has 0 aliphatic carbocycles. The monoisotopic (exact) mass is 365 g/mol. The van der Waals surface area contributed by atoms with Crippen LogP contribution in [0.4, 0.5) is 0 Å². The summed E-state index contributed by atoms with van der Waals surface area (Å²) in [4.78, 5) is 7.17. The van der Waals surface area contributed by atoms with Gasteiger partial charge in [0.05, 0.1) is 15.2 Å². The van der Waals surface area contributed by atoms with Crippen LogP contribution in [0, 0.1) is 0 Å². The van der Waals surface area contributed by atoms with Gasteiger partial charge in [-0.25, -0.2) is 4.98 Å². The predicted molar refractivity (Wildman–Crippen MR) is 107 cm³/mol. The minimum atomic E-state index is 0.507. The first kappa shape index (κ1) is 17.0. The zero-order chi connectivity index (χ0) is 16.1. The van der Waals surface area contributed by atoms with Gasteiger partial charge in [-0.15, -0.1) is 11.3 Å². The second kappa shape index (κ2) is 8.31. The van der Waals surface area contributed by atoms with Gasteiger partial charge in [0.15, 0.2) is 5.11 Å². The van der Waals surface area contributed by atoms with Gasteiger partial charge in [0.1, 0.15) is 0 Å². The maximum absolute atomic E-state index is 5.58. The lowest BCUT2D eigenvalue weighted by molar-refractivity contribution is 0.305. The predicted octanol–water partition coefficient (Wildman–Crippen LogP) is 4.10. The SMILES string of the molecule is CSCCCNC(=S)N1CCC[C@@H](c2nc3ccccc3s2)C1. The van der Waals surface area contributed by atoms with E-state index in [-0.39, 0.29) is 0 Å². The molecule has 0 spiro atoms. The number of aromatic nitrogens is 1. The molecule has 1 aliphatic rings. The van der Waals surface area contributed by atoms with Gasteiger partial charge in [0, 0.05) is 25.6 Å². The first-order valence-electron chi connectivity index (χ1n) is 8.15. The maximum Gasteiger partial charge on any atom is 0.168 e. The Morgan fingerprint density at radius 1 is 1.48 bits per heavy atom. The molecule has 2 heterocycles. The van der Waals surface area contributed by atoms with Crippen molar-refractivity contribution in [1.29, 1.82) is 0 Å². The topological polar surface area (TPSA) is 28.2 Å². The molecular weight excluding hydrogens is 342 g/mol. The number of para-hydroxylation sites is 1. The molecule has 6 heteroatoms. The second-order valence-corrected chi connectivity index (χ2v) is 8.32. The number of thiocarbonyl (C=S) groups is 1. The van der Waals surface area contributed by atoms with Gasteiger partial charge in [-0.3, -0.25) is 0 Å². The molecule has 1 saturated heterocycles. The lowest BCUT2D eigenvalue weighted by Gasteiger charge is -2.33. The van der Waals surface area contributed by atoms with Crippen LogP contribution in [0.1, 0.15) is 30.2 Å². The molecule has 0 unspecified atom stereocenters. The highest BCUT2D eigenvalue weighted by Crippen LogP contribution is 2.32. The van der Waals surface area contributed by atoms with E-state index in [0.717, 1.165) is 36.7 Å². The van der Waals surface area contributed by atoms with Crippen molar-refractivity contribution in [2.75, 3.05) is 31.6 Å². The van der Waals surface area contributed by atoms with E-state index in [9.17, 15) is 0 Å². The number of thiazole rings is 1. The fourth-order valence-electron chi connectivity index (χ4n) is 2.95. The van der Waals surface area contributed by atoms with E-state index >= 15 is 0 Å². The summed E-state index contributed by atoms with van der Waals surface area (Å²) in [5.74, 6) is 1.69. The highest BCUT2D eigenvalue weighted by atomic mass is 32.2. The van der Waals surface area contributed by atoms with Crippen LogP contribution in [0.15, 0.2) is 24.3 Å². The fraction of sp³-hybridized carbons (Fsp3) is 0.529. The molecule has 0 amide bonds.